The zero-order chi connectivity index (χ0) is 18.1. The number of ether oxygens (including phenoxy) is 1. The maximum Gasteiger partial charge on any atom is 0.289 e. The summed E-state index contributed by atoms with van der Waals surface area (Å²) in [5, 5.41) is 4.80. The maximum atomic E-state index is 12.5. The number of fused-ring (bicyclic) bond motifs is 1. The number of amides is 1. The number of aryl methyl sites for hydroxylation is 1. The molecule has 2 aromatic rings. The van der Waals surface area contributed by atoms with E-state index in [0.29, 0.717) is 30.1 Å². The molecule has 0 aromatic carbocycles. The highest BCUT2D eigenvalue weighted by Crippen LogP contribution is 2.23. The molecule has 0 bridgehead atoms. The van der Waals surface area contributed by atoms with Gasteiger partial charge < -0.3 is 14.1 Å². The van der Waals surface area contributed by atoms with E-state index in [4.69, 9.17) is 14.3 Å². The minimum absolute atomic E-state index is 0.0450. The third-order valence-corrected chi connectivity index (χ3v) is 5.52. The number of furan rings is 1. The van der Waals surface area contributed by atoms with Crippen LogP contribution in [0.4, 0.5) is 0 Å². The van der Waals surface area contributed by atoms with Crippen LogP contribution in [-0.4, -0.2) is 58.3 Å². The molecule has 4 heterocycles. The second-order valence-corrected chi connectivity index (χ2v) is 7.44. The molecule has 0 radical (unpaired) electrons. The van der Waals surface area contributed by atoms with Gasteiger partial charge in [0.15, 0.2) is 10.4 Å². The molecule has 8 heteroatoms. The van der Waals surface area contributed by atoms with Gasteiger partial charge in [-0.25, -0.2) is 0 Å². The van der Waals surface area contributed by atoms with Gasteiger partial charge in [-0.1, -0.05) is 0 Å². The van der Waals surface area contributed by atoms with Crippen LogP contribution in [0.1, 0.15) is 34.4 Å². The second-order valence-electron chi connectivity index (χ2n) is 6.66. The lowest BCUT2D eigenvalue weighted by Crippen LogP contribution is -2.48. The lowest BCUT2D eigenvalue weighted by atomic mass is 10.1. The van der Waals surface area contributed by atoms with Crippen molar-refractivity contribution in [3.05, 3.63) is 39.5 Å². The Kier molecular flexibility index (Phi) is 5.15. The van der Waals surface area contributed by atoms with Crippen molar-refractivity contribution in [1.82, 2.24) is 19.6 Å². The minimum atomic E-state index is -0.0450. The third kappa shape index (κ3) is 3.45. The first-order chi connectivity index (χ1) is 12.7. The zero-order valence-corrected chi connectivity index (χ0v) is 16.5. The van der Waals surface area contributed by atoms with Crippen LogP contribution in [0.15, 0.2) is 21.2 Å². The summed E-state index contributed by atoms with van der Waals surface area (Å²) in [5.41, 5.74) is 3.71. The van der Waals surface area contributed by atoms with E-state index in [2.05, 4.69) is 32.4 Å². The van der Waals surface area contributed by atoms with Gasteiger partial charge in [-0.15, -0.1) is 0 Å². The molecule has 4 rings (SSSR count). The Labute approximate surface area is 161 Å². The Morgan fingerprint density at radius 3 is 2.77 bits per heavy atom. The van der Waals surface area contributed by atoms with E-state index in [0.717, 1.165) is 44.9 Å². The van der Waals surface area contributed by atoms with Gasteiger partial charge in [0, 0.05) is 56.9 Å². The van der Waals surface area contributed by atoms with E-state index in [1.807, 2.05) is 4.90 Å². The molecule has 0 saturated carbocycles. The Hall–Kier alpha value is -1.64. The fourth-order valence-electron chi connectivity index (χ4n) is 3.67. The van der Waals surface area contributed by atoms with E-state index in [1.54, 1.807) is 12.1 Å². The van der Waals surface area contributed by atoms with Gasteiger partial charge in [0.25, 0.3) is 5.91 Å². The molecule has 1 saturated heterocycles. The summed E-state index contributed by atoms with van der Waals surface area (Å²) in [5.74, 6) is 0.342. The van der Waals surface area contributed by atoms with Crippen LogP contribution >= 0.6 is 15.9 Å². The number of nitrogens with zero attached hydrogens (tertiary/aromatic N) is 4. The summed E-state index contributed by atoms with van der Waals surface area (Å²) >= 11 is 3.24. The van der Waals surface area contributed by atoms with Gasteiger partial charge in [0.05, 0.1) is 18.9 Å². The molecule has 0 atom stereocenters. The largest absolute Gasteiger partial charge is 0.444 e. The fraction of sp³-hybridized carbons (Fsp3) is 0.556. The van der Waals surface area contributed by atoms with Crippen molar-refractivity contribution in [2.24, 2.45) is 0 Å². The highest BCUT2D eigenvalue weighted by Gasteiger charge is 2.27. The van der Waals surface area contributed by atoms with Gasteiger partial charge in [0.2, 0.25) is 0 Å². The Morgan fingerprint density at radius 2 is 2.08 bits per heavy atom. The number of carbonyl (C=O) groups excluding carboxylic acids is 1. The molecule has 7 nitrogen and oxygen atoms in total. The second kappa shape index (κ2) is 7.54. The van der Waals surface area contributed by atoms with Crippen LogP contribution < -0.4 is 0 Å². The van der Waals surface area contributed by atoms with Gasteiger partial charge in [-0.2, -0.15) is 5.10 Å². The minimum Gasteiger partial charge on any atom is -0.444 e. The summed E-state index contributed by atoms with van der Waals surface area (Å²) in [6, 6.07) is 3.46. The first-order valence-electron chi connectivity index (χ1n) is 9.08. The first kappa shape index (κ1) is 17.8. The molecular weight excluding hydrogens is 400 g/mol. The lowest BCUT2D eigenvalue weighted by Gasteiger charge is -2.34. The Bertz CT molecular complexity index is 792. The number of rotatable bonds is 4. The van der Waals surface area contributed by atoms with Gasteiger partial charge >= 0.3 is 0 Å². The molecule has 2 aromatic heterocycles. The highest BCUT2D eigenvalue weighted by atomic mass is 79.9. The standard InChI is InChI=1S/C18H23BrN4O3/c1-2-23-15-5-10-25-12-13(15)14(20-23)11-21-6-8-22(9-7-21)18(24)16-3-4-17(19)26-16/h3-4H,2,5-12H2,1H3. The lowest BCUT2D eigenvalue weighted by molar-refractivity contribution is 0.0593. The highest BCUT2D eigenvalue weighted by molar-refractivity contribution is 9.10. The van der Waals surface area contributed by atoms with E-state index in [-0.39, 0.29) is 5.91 Å². The van der Waals surface area contributed by atoms with Crippen LogP contribution in [0.25, 0.3) is 0 Å². The van der Waals surface area contributed by atoms with Crippen molar-refractivity contribution in [3.8, 4) is 0 Å². The van der Waals surface area contributed by atoms with Crippen LogP contribution in [0.2, 0.25) is 0 Å². The van der Waals surface area contributed by atoms with E-state index in [1.165, 1.54) is 11.3 Å². The predicted molar refractivity (Wildman–Crippen MR) is 98.8 cm³/mol. The van der Waals surface area contributed by atoms with Crippen molar-refractivity contribution >= 4 is 21.8 Å². The average molecular weight is 423 g/mol. The summed E-state index contributed by atoms with van der Waals surface area (Å²) in [4.78, 5) is 16.7. The number of hydrogen-bond donors (Lipinski definition) is 0. The monoisotopic (exact) mass is 422 g/mol. The molecule has 0 N–H and O–H groups in total. The first-order valence-corrected chi connectivity index (χ1v) is 9.87. The van der Waals surface area contributed by atoms with Crippen molar-refractivity contribution < 1.29 is 13.9 Å². The van der Waals surface area contributed by atoms with Crippen molar-refractivity contribution in [2.75, 3.05) is 32.8 Å². The van der Waals surface area contributed by atoms with E-state index >= 15 is 0 Å². The normalized spacial score (nSPS) is 18.2. The summed E-state index contributed by atoms with van der Waals surface area (Å²) in [6.07, 6.45) is 0.942. The third-order valence-electron chi connectivity index (χ3n) is 5.10. The average Bonchev–Trinajstić information content (AvgIpc) is 3.26. The number of aromatic nitrogens is 2. The predicted octanol–water partition coefficient (Wildman–Crippen LogP) is 2.29. The topological polar surface area (TPSA) is 63.7 Å². The van der Waals surface area contributed by atoms with Crippen molar-refractivity contribution in [2.45, 2.75) is 33.0 Å². The maximum absolute atomic E-state index is 12.5. The smallest absolute Gasteiger partial charge is 0.289 e. The number of carbonyl (C=O) groups is 1. The SMILES string of the molecule is CCn1nc(CN2CCN(C(=O)c3ccc(Br)o3)CC2)c2c1CCOC2. The van der Waals surface area contributed by atoms with Crippen molar-refractivity contribution in [1.29, 1.82) is 0 Å². The molecule has 26 heavy (non-hydrogen) atoms. The van der Waals surface area contributed by atoms with Crippen LogP contribution in [0, 0.1) is 0 Å². The number of hydrogen-bond acceptors (Lipinski definition) is 5. The fourth-order valence-corrected chi connectivity index (χ4v) is 3.98. The van der Waals surface area contributed by atoms with Gasteiger partial charge in [0.1, 0.15) is 0 Å². The summed E-state index contributed by atoms with van der Waals surface area (Å²) in [7, 11) is 0. The molecule has 1 amide bonds. The molecule has 2 aliphatic rings. The summed E-state index contributed by atoms with van der Waals surface area (Å²) < 4.78 is 13.7. The molecular formula is C18H23BrN4O3. The van der Waals surface area contributed by atoms with Crippen LogP contribution in [-0.2, 0) is 30.9 Å². The molecule has 2 aliphatic heterocycles. The molecule has 0 spiro atoms. The molecule has 140 valence electrons. The van der Waals surface area contributed by atoms with E-state index < -0.39 is 0 Å². The number of halogens is 1. The Balaban J connectivity index is 1.38. The molecule has 0 aliphatic carbocycles. The van der Waals surface area contributed by atoms with Crippen molar-refractivity contribution in [3.63, 3.8) is 0 Å². The number of piperazine rings is 1. The zero-order valence-electron chi connectivity index (χ0n) is 14.9. The Morgan fingerprint density at radius 1 is 1.27 bits per heavy atom. The van der Waals surface area contributed by atoms with Crippen LogP contribution in [0.3, 0.4) is 0 Å². The molecule has 0 unspecified atom stereocenters. The van der Waals surface area contributed by atoms with Gasteiger partial charge in [-0.3, -0.25) is 14.4 Å². The van der Waals surface area contributed by atoms with Crippen LogP contribution in [0.5, 0.6) is 0 Å². The molecule has 1 fully saturated rings. The van der Waals surface area contributed by atoms with E-state index in [9.17, 15) is 4.79 Å². The van der Waals surface area contributed by atoms with Gasteiger partial charge in [-0.05, 0) is 35.0 Å². The quantitative estimate of drug-likeness (QED) is 0.755. The summed E-state index contributed by atoms with van der Waals surface area (Å²) in [6.45, 7) is 8.34.